The van der Waals surface area contributed by atoms with Crippen LogP contribution in [0.15, 0.2) is 36.7 Å². The van der Waals surface area contributed by atoms with Gasteiger partial charge in [-0.3, -0.25) is 4.79 Å². The summed E-state index contributed by atoms with van der Waals surface area (Å²) in [5.41, 5.74) is 2.06. The van der Waals surface area contributed by atoms with E-state index in [0.29, 0.717) is 51.6 Å². The fourth-order valence-corrected chi connectivity index (χ4v) is 6.59. The summed E-state index contributed by atoms with van der Waals surface area (Å²) in [7, 11) is -6.69. The molecule has 0 radical (unpaired) electrons. The first-order chi connectivity index (χ1) is 19.8. The van der Waals surface area contributed by atoms with Crippen molar-refractivity contribution < 1.29 is 21.6 Å². The summed E-state index contributed by atoms with van der Waals surface area (Å²) in [6, 6.07) is 7.54. The molecule has 1 aliphatic rings. The van der Waals surface area contributed by atoms with E-state index >= 15 is 0 Å². The fraction of sp³-hybridized carbons (Fsp3) is 0.385. The van der Waals surface area contributed by atoms with E-state index in [1.54, 1.807) is 35.2 Å². The second-order valence-corrected chi connectivity index (χ2v) is 15.3. The summed E-state index contributed by atoms with van der Waals surface area (Å²) < 4.78 is 49.7. The summed E-state index contributed by atoms with van der Waals surface area (Å²) in [4.78, 5) is 31.7. The van der Waals surface area contributed by atoms with Gasteiger partial charge in [-0.1, -0.05) is 23.2 Å². The highest BCUT2D eigenvalue weighted by Gasteiger charge is 2.31. The van der Waals surface area contributed by atoms with Gasteiger partial charge in [0.2, 0.25) is 10.0 Å². The summed E-state index contributed by atoms with van der Waals surface area (Å²) in [6.07, 6.45) is 5.19. The van der Waals surface area contributed by atoms with Crippen molar-refractivity contribution in [3.8, 4) is 0 Å². The number of rotatable bonds is 10. The lowest BCUT2D eigenvalue weighted by Gasteiger charge is -2.25. The van der Waals surface area contributed by atoms with Crippen LogP contribution in [0.3, 0.4) is 0 Å². The zero-order valence-corrected chi connectivity index (χ0v) is 25.9. The van der Waals surface area contributed by atoms with Crippen LogP contribution in [0.2, 0.25) is 10.0 Å². The van der Waals surface area contributed by atoms with Gasteiger partial charge in [0.15, 0.2) is 0 Å². The Balaban J connectivity index is 1.46. The number of imidazole rings is 1. The second kappa shape index (κ2) is 11.9. The first kappa shape index (κ1) is 30.4. The first-order valence-corrected chi connectivity index (χ1v) is 17.8. The molecule has 0 spiro atoms. The van der Waals surface area contributed by atoms with Crippen LogP contribution in [0.25, 0.3) is 21.9 Å². The number of carbonyl (C=O) groups is 1. The van der Waals surface area contributed by atoms with E-state index in [0.717, 1.165) is 12.7 Å². The number of carbonyl (C=O) groups excluding carboxylic acids is 1. The van der Waals surface area contributed by atoms with E-state index in [2.05, 4.69) is 30.0 Å². The number of aromatic nitrogens is 4. The Hall–Kier alpha value is -3.04. The predicted molar refractivity (Wildman–Crippen MR) is 163 cm³/mol. The van der Waals surface area contributed by atoms with Crippen LogP contribution in [0.1, 0.15) is 41.5 Å². The monoisotopic (exact) mass is 653 g/mol. The average Bonchev–Trinajstić information content (AvgIpc) is 3.55. The number of likely N-dealkylation sites (tertiary alicyclic amines) is 1. The molecule has 2 aromatic heterocycles. The van der Waals surface area contributed by atoms with Gasteiger partial charge in [-0.05, 0) is 49.6 Å². The summed E-state index contributed by atoms with van der Waals surface area (Å²) in [5.74, 6) is 0.466. The van der Waals surface area contributed by atoms with Gasteiger partial charge in [0.1, 0.15) is 27.8 Å². The van der Waals surface area contributed by atoms with Crippen LogP contribution in [0, 0.1) is 0 Å². The van der Waals surface area contributed by atoms with Crippen LogP contribution >= 0.6 is 23.2 Å². The Kier molecular flexibility index (Phi) is 8.63. The molecule has 0 saturated carbocycles. The Labute approximate surface area is 253 Å². The summed E-state index contributed by atoms with van der Waals surface area (Å²) in [5, 5.41) is 4.53. The Morgan fingerprint density at radius 1 is 1.12 bits per heavy atom. The smallest absolute Gasteiger partial charge is 0.255 e. The normalized spacial score (nSPS) is 16.8. The molecule has 12 nitrogen and oxygen atoms in total. The molecule has 0 bridgehead atoms. The number of amides is 1. The molecule has 16 heteroatoms. The maximum atomic E-state index is 13.5. The second-order valence-electron chi connectivity index (χ2n) is 10.4. The summed E-state index contributed by atoms with van der Waals surface area (Å²) >= 11 is 12.8. The molecule has 4 aromatic rings. The highest BCUT2D eigenvalue weighted by molar-refractivity contribution is 7.90. The lowest BCUT2D eigenvalue weighted by Crippen LogP contribution is -2.43. The van der Waals surface area contributed by atoms with Gasteiger partial charge in [0.25, 0.3) is 5.91 Å². The molecule has 224 valence electrons. The number of hydrogen-bond donors (Lipinski definition) is 3. The fourth-order valence-electron chi connectivity index (χ4n) is 5.01. The van der Waals surface area contributed by atoms with Gasteiger partial charge in [-0.2, -0.15) is 0 Å². The van der Waals surface area contributed by atoms with E-state index in [1.165, 1.54) is 12.6 Å². The Morgan fingerprint density at radius 2 is 1.90 bits per heavy atom. The number of H-pyrrole nitrogens is 1. The van der Waals surface area contributed by atoms with Crippen molar-refractivity contribution in [3.63, 3.8) is 0 Å². The van der Waals surface area contributed by atoms with Crippen LogP contribution in [0.4, 0.5) is 5.82 Å². The van der Waals surface area contributed by atoms with Crippen molar-refractivity contribution in [2.45, 2.75) is 31.3 Å². The van der Waals surface area contributed by atoms with Crippen LogP contribution in [-0.4, -0.2) is 85.0 Å². The van der Waals surface area contributed by atoms with Crippen molar-refractivity contribution in [2.75, 3.05) is 36.7 Å². The molecular weight excluding hydrogens is 625 g/mol. The third kappa shape index (κ3) is 7.11. The van der Waals surface area contributed by atoms with Crippen molar-refractivity contribution in [2.24, 2.45) is 0 Å². The standard InChI is InChI=1S/C26H29Cl2N7O5S2/c1-41(37,38)9-7-21(25-32-20-6-5-15(27)10-23(20)34-25)33-24-18-11-19(28)17(12-22(18)29-14-30-24)26(36)35-8-3-4-16(35)13-31-42(2,39)40/h5-6,10-12,14,16,21,31H,3-4,7-9,13H2,1-2H3,(H,32,34)(H,29,30,33)/t16-,21+/m1/s1. The first-order valence-electron chi connectivity index (χ1n) is 13.1. The minimum Gasteiger partial charge on any atom is -0.359 e. The third-order valence-electron chi connectivity index (χ3n) is 7.05. The van der Waals surface area contributed by atoms with Crippen LogP contribution in [0.5, 0.6) is 0 Å². The number of anilines is 1. The van der Waals surface area contributed by atoms with Crippen LogP contribution < -0.4 is 10.0 Å². The third-order valence-corrected chi connectivity index (χ3v) is 9.27. The molecule has 0 aliphatic carbocycles. The van der Waals surface area contributed by atoms with E-state index in [1.807, 2.05) is 0 Å². The molecule has 5 rings (SSSR count). The molecule has 1 aliphatic heterocycles. The van der Waals surface area contributed by atoms with Crippen LogP contribution in [-0.2, 0) is 19.9 Å². The van der Waals surface area contributed by atoms with E-state index in [9.17, 15) is 21.6 Å². The lowest BCUT2D eigenvalue weighted by molar-refractivity contribution is 0.0739. The molecule has 1 saturated heterocycles. The number of nitrogens with zero attached hydrogens (tertiary/aromatic N) is 4. The number of sulfonamides is 1. The van der Waals surface area contributed by atoms with E-state index in [-0.39, 0.29) is 41.3 Å². The number of aromatic amines is 1. The number of sulfone groups is 1. The SMILES string of the molecule is CS(=O)(=O)CC[C@H](Nc1ncnc2cc(C(=O)N3CCC[C@@H]3CNS(C)(=O)=O)c(Cl)cc12)c1nc2ccc(Cl)cc2[nH]1. The van der Waals surface area contributed by atoms with Crippen molar-refractivity contribution >= 4 is 76.7 Å². The average molecular weight is 655 g/mol. The minimum absolute atomic E-state index is 0.101. The quantitative estimate of drug-likeness (QED) is 0.232. The Bertz CT molecular complexity index is 1880. The highest BCUT2D eigenvalue weighted by atomic mass is 35.5. The number of hydrogen-bond acceptors (Lipinski definition) is 9. The summed E-state index contributed by atoms with van der Waals surface area (Å²) in [6.45, 7) is 0.597. The van der Waals surface area contributed by atoms with Gasteiger partial charge < -0.3 is 15.2 Å². The molecule has 1 fully saturated rings. The molecule has 0 unspecified atom stereocenters. The zero-order chi connectivity index (χ0) is 30.2. The number of fused-ring (bicyclic) bond motifs is 2. The molecule has 2 aromatic carbocycles. The maximum Gasteiger partial charge on any atom is 0.255 e. The van der Waals surface area contributed by atoms with Gasteiger partial charge >= 0.3 is 0 Å². The van der Waals surface area contributed by atoms with Gasteiger partial charge in [-0.25, -0.2) is 36.5 Å². The number of nitrogens with one attached hydrogen (secondary N) is 3. The Morgan fingerprint density at radius 3 is 2.64 bits per heavy atom. The van der Waals surface area contributed by atoms with E-state index < -0.39 is 25.9 Å². The number of benzene rings is 2. The van der Waals surface area contributed by atoms with Crippen molar-refractivity contribution in [1.82, 2.24) is 29.6 Å². The molecule has 1 amide bonds. The molecule has 2 atom stereocenters. The van der Waals surface area contributed by atoms with E-state index in [4.69, 9.17) is 23.2 Å². The molecule has 3 N–H and O–H groups in total. The van der Waals surface area contributed by atoms with Gasteiger partial charge in [0, 0.05) is 35.8 Å². The van der Waals surface area contributed by atoms with Gasteiger partial charge in [-0.15, -0.1) is 0 Å². The maximum absolute atomic E-state index is 13.5. The minimum atomic E-state index is -3.40. The lowest BCUT2D eigenvalue weighted by atomic mass is 10.1. The topological polar surface area (TPSA) is 167 Å². The predicted octanol–water partition coefficient (Wildman–Crippen LogP) is 3.55. The molecule has 3 heterocycles. The largest absolute Gasteiger partial charge is 0.359 e. The highest BCUT2D eigenvalue weighted by Crippen LogP contribution is 2.32. The number of halogens is 2. The molecular formula is C26H29Cl2N7O5S2. The van der Waals surface area contributed by atoms with Crippen molar-refractivity contribution in [1.29, 1.82) is 0 Å². The van der Waals surface area contributed by atoms with Gasteiger partial charge in [0.05, 0.1) is 45.2 Å². The zero-order valence-electron chi connectivity index (χ0n) is 22.8. The molecule has 42 heavy (non-hydrogen) atoms. The van der Waals surface area contributed by atoms with Crippen molar-refractivity contribution in [3.05, 3.63) is 58.1 Å².